The number of nitrogens with one attached hydrogen (secondary N) is 1. The molecule has 12 heavy (non-hydrogen) atoms. The SMILES string of the molecule is CNc1ncc(C(C)(C)N)cn1. The van der Waals surface area contributed by atoms with Gasteiger partial charge in [0, 0.05) is 30.5 Å². The van der Waals surface area contributed by atoms with Crippen molar-refractivity contribution >= 4 is 5.95 Å². The van der Waals surface area contributed by atoms with E-state index in [2.05, 4.69) is 15.3 Å². The van der Waals surface area contributed by atoms with Gasteiger partial charge in [-0.2, -0.15) is 0 Å². The van der Waals surface area contributed by atoms with Crippen molar-refractivity contribution in [2.75, 3.05) is 12.4 Å². The number of aromatic nitrogens is 2. The molecular formula is C8H14N4. The summed E-state index contributed by atoms with van der Waals surface area (Å²) in [6.07, 6.45) is 3.47. The molecule has 1 heterocycles. The Kier molecular flexibility index (Phi) is 2.28. The zero-order valence-electron chi connectivity index (χ0n) is 7.63. The normalized spacial score (nSPS) is 11.3. The summed E-state index contributed by atoms with van der Waals surface area (Å²) in [6.45, 7) is 3.84. The van der Waals surface area contributed by atoms with Gasteiger partial charge in [-0.25, -0.2) is 9.97 Å². The van der Waals surface area contributed by atoms with Crippen LogP contribution in [0.4, 0.5) is 5.95 Å². The van der Waals surface area contributed by atoms with Crippen LogP contribution in [0.25, 0.3) is 0 Å². The summed E-state index contributed by atoms with van der Waals surface area (Å²) in [7, 11) is 1.78. The summed E-state index contributed by atoms with van der Waals surface area (Å²) in [5.41, 5.74) is 6.41. The molecule has 0 aliphatic carbocycles. The van der Waals surface area contributed by atoms with Gasteiger partial charge in [-0.15, -0.1) is 0 Å². The third-order valence-electron chi connectivity index (χ3n) is 1.62. The maximum atomic E-state index is 5.85. The summed E-state index contributed by atoms with van der Waals surface area (Å²) in [6, 6.07) is 0. The molecule has 0 aromatic carbocycles. The van der Waals surface area contributed by atoms with Crippen molar-refractivity contribution in [2.45, 2.75) is 19.4 Å². The molecule has 0 bridgehead atoms. The molecule has 0 aliphatic rings. The van der Waals surface area contributed by atoms with Gasteiger partial charge in [0.15, 0.2) is 0 Å². The number of hydrogen-bond acceptors (Lipinski definition) is 4. The average molecular weight is 166 g/mol. The highest BCUT2D eigenvalue weighted by Gasteiger charge is 2.14. The first kappa shape index (κ1) is 8.93. The van der Waals surface area contributed by atoms with Crippen LogP contribution in [0.2, 0.25) is 0 Å². The van der Waals surface area contributed by atoms with Gasteiger partial charge in [0.1, 0.15) is 0 Å². The Morgan fingerprint density at radius 2 is 1.83 bits per heavy atom. The molecule has 4 heteroatoms. The van der Waals surface area contributed by atoms with E-state index < -0.39 is 0 Å². The summed E-state index contributed by atoms with van der Waals surface area (Å²) in [5.74, 6) is 0.614. The average Bonchev–Trinajstić information content (AvgIpc) is 2.03. The van der Waals surface area contributed by atoms with Crippen LogP contribution in [0.1, 0.15) is 19.4 Å². The van der Waals surface area contributed by atoms with E-state index in [0.717, 1.165) is 5.56 Å². The summed E-state index contributed by atoms with van der Waals surface area (Å²) >= 11 is 0. The van der Waals surface area contributed by atoms with Crippen LogP contribution < -0.4 is 11.1 Å². The van der Waals surface area contributed by atoms with Crippen LogP contribution in [0.15, 0.2) is 12.4 Å². The largest absolute Gasteiger partial charge is 0.357 e. The topological polar surface area (TPSA) is 63.8 Å². The van der Waals surface area contributed by atoms with E-state index in [0.29, 0.717) is 5.95 Å². The van der Waals surface area contributed by atoms with Gasteiger partial charge < -0.3 is 11.1 Å². The van der Waals surface area contributed by atoms with E-state index in [9.17, 15) is 0 Å². The lowest BCUT2D eigenvalue weighted by Gasteiger charge is -2.17. The standard InChI is InChI=1S/C8H14N4/c1-8(2,9)6-4-11-7(10-3)12-5-6/h4-5H,9H2,1-3H3,(H,10,11,12). The van der Waals surface area contributed by atoms with Gasteiger partial charge in [-0.3, -0.25) is 0 Å². The van der Waals surface area contributed by atoms with Crippen molar-refractivity contribution in [3.05, 3.63) is 18.0 Å². The van der Waals surface area contributed by atoms with Gasteiger partial charge >= 0.3 is 0 Å². The van der Waals surface area contributed by atoms with E-state index in [4.69, 9.17) is 5.73 Å². The molecule has 0 aliphatic heterocycles. The highest BCUT2D eigenvalue weighted by atomic mass is 15.1. The van der Waals surface area contributed by atoms with Crippen molar-refractivity contribution in [3.63, 3.8) is 0 Å². The summed E-state index contributed by atoms with van der Waals surface area (Å²) < 4.78 is 0. The van der Waals surface area contributed by atoms with Crippen molar-refractivity contribution in [1.82, 2.24) is 9.97 Å². The number of nitrogens with two attached hydrogens (primary N) is 1. The fourth-order valence-electron chi connectivity index (χ4n) is 0.790. The van der Waals surface area contributed by atoms with E-state index in [1.54, 1.807) is 19.4 Å². The molecule has 1 rings (SSSR count). The van der Waals surface area contributed by atoms with Gasteiger partial charge in [-0.1, -0.05) is 0 Å². The maximum absolute atomic E-state index is 5.85. The molecule has 0 spiro atoms. The predicted molar refractivity (Wildman–Crippen MR) is 48.8 cm³/mol. The van der Waals surface area contributed by atoms with Gasteiger partial charge in [0.2, 0.25) is 5.95 Å². The van der Waals surface area contributed by atoms with Crippen LogP contribution >= 0.6 is 0 Å². The Hall–Kier alpha value is -1.16. The Morgan fingerprint density at radius 3 is 2.17 bits per heavy atom. The van der Waals surface area contributed by atoms with Crippen LogP contribution in [-0.4, -0.2) is 17.0 Å². The van der Waals surface area contributed by atoms with Crippen molar-refractivity contribution in [3.8, 4) is 0 Å². The van der Waals surface area contributed by atoms with Crippen LogP contribution in [-0.2, 0) is 5.54 Å². The first-order valence-electron chi connectivity index (χ1n) is 3.83. The minimum atomic E-state index is -0.369. The second-order valence-electron chi connectivity index (χ2n) is 3.27. The minimum absolute atomic E-state index is 0.369. The smallest absolute Gasteiger partial charge is 0.222 e. The Morgan fingerprint density at radius 1 is 1.33 bits per heavy atom. The zero-order chi connectivity index (χ0) is 9.19. The number of nitrogens with zero attached hydrogens (tertiary/aromatic N) is 2. The number of anilines is 1. The Balaban J connectivity index is 2.93. The fourth-order valence-corrected chi connectivity index (χ4v) is 0.790. The quantitative estimate of drug-likeness (QED) is 0.679. The van der Waals surface area contributed by atoms with Gasteiger partial charge in [0.25, 0.3) is 0 Å². The molecule has 0 radical (unpaired) electrons. The molecule has 1 aromatic rings. The molecule has 0 fully saturated rings. The van der Waals surface area contributed by atoms with Crippen molar-refractivity contribution in [2.24, 2.45) is 5.73 Å². The molecule has 3 N–H and O–H groups in total. The Bertz CT molecular complexity index is 247. The Labute approximate surface area is 72.2 Å². The van der Waals surface area contributed by atoms with Gasteiger partial charge in [-0.05, 0) is 13.8 Å². The van der Waals surface area contributed by atoms with E-state index in [1.807, 2.05) is 13.8 Å². The molecule has 0 atom stereocenters. The molecule has 0 saturated heterocycles. The third-order valence-corrected chi connectivity index (χ3v) is 1.62. The van der Waals surface area contributed by atoms with Gasteiger partial charge in [0.05, 0.1) is 0 Å². The molecule has 0 amide bonds. The van der Waals surface area contributed by atoms with Crippen LogP contribution in [0.3, 0.4) is 0 Å². The summed E-state index contributed by atoms with van der Waals surface area (Å²) in [5, 5.41) is 2.84. The predicted octanol–water partition coefficient (Wildman–Crippen LogP) is 0.712. The minimum Gasteiger partial charge on any atom is -0.357 e. The highest BCUT2D eigenvalue weighted by molar-refractivity contribution is 5.25. The monoisotopic (exact) mass is 166 g/mol. The number of rotatable bonds is 2. The lowest BCUT2D eigenvalue weighted by molar-refractivity contribution is 0.549. The lowest BCUT2D eigenvalue weighted by atomic mass is 9.99. The zero-order valence-corrected chi connectivity index (χ0v) is 7.63. The van der Waals surface area contributed by atoms with E-state index >= 15 is 0 Å². The van der Waals surface area contributed by atoms with Crippen LogP contribution in [0, 0.1) is 0 Å². The highest BCUT2D eigenvalue weighted by Crippen LogP contribution is 2.14. The first-order chi connectivity index (χ1) is 5.54. The molecule has 0 saturated carbocycles. The molecule has 66 valence electrons. The molecule has 4 nitrogen and oxygen atoms in total. The second kappa shape index (κ2) is 3.06. The van der Waals surface area contributed by atoms with E-state index in [1.165, 1.54) is 0 Å². The summed E-state index contributed by atoms with van der Waals surface area (Å²) in [4.78, 5) is 8.12. The van der Waals surface area contributed by atoms with Crippen LogP contribution in [0.5, 0.6) is 0 Å². The lowest BCUT2D eigenvalue weighted by Crippen LogP contribution is -2.29. The number of hydrogen-bond donors (Lipinski definition) is 2. The van der Waals surface area contributed by atoms with E-state index in [-0.39, 0.29) is 5.54 Å². The first-order valence-corrected chi connectivity index (χ1v) is 3.83. The molecule has 0 unspecified atom stereocenters. The maximum Gasteiger partial charge on any atom is 0.222 e. The molecule has 1 aromatic heterocycles. The van der Waals surface area contributed by atoms with Crippen molar-refractivity contribution in [1.29, 1.82) is 0 Å². The molecular weight excluding hydrogens is 152 g/mol. The fraction of sp³-hybridized carbons (Fsp3) is 0.500. The van der Waals surface area contributed by atoms with Crippen molar-refractivity contribution < 1.29 is 0 Å². The second-order valence-corrected chi connectivity index (χ2v) is 3.27. The third kappa shape index (κ3) is 1.92.